The summed E-state index contributed by atoms with van der Waals surface area (Å²) in [4.78, 5) is 0. The maximum Gasteiger partial charge on any atom is 0.128 e. The molecular formula is C74H61Cl3F4O8. The van der Waals surface area contributed by atoms with E-state index in [-0.39, 0.29) is 47.7 Å². The van der Waals surface area contributed by atoms with E-state index in [0.29, 0.717) is 84.7 Å². The highest BCUT2D eigenvalue weighted by molar-refractivity contribution is 6.31. The molecule has 0 bridgehead atoms. The van der Waals surface area contributed by atoms with Crippen molar-refractivity contribution >= 4 is 34.8 Å². The molecule has 8 aliphatic heterocycles. The smallest absolute Gasteiger partial charge is 0.128 e. The van der Waals surface area contributed by atoms with E-state index in [1.165, 1.54) is 91.0 Å². The molecule has 0 amide bonds. The Balaban J connectivity index is 0.0000000787. The molecule has 8 nitrogen and oxygen atoms in total. The summed E-state index contributed by atoms with van der Waals surface area (Å²) in [6.45, 7) is 4.35. The quantitative estimate of drug-likeness (QED) is 0.109. The van der Waals surface area contributed by atoms with Gasteiger partial charge in [0.2, 0.25) is 0 Å². The Kier molecular flexibility index (Phi) is 14.2. The highest BCUT2D eigenvalue weighted by atomic mass is 35.5. The molecule has 0 spiro atoms. The summed E-state index contributed by atoms with van der Waals surface area (Å²) < 4.78 is 94.3. The van der Waals surface area contributed by atoms with Crippen molar-refractivity contribution in [2.45, 2.75) is 163 Å². The van der Waals surface area contributed by atoms with E-state index < -0.39 is 0 Å². The second-order valence-electron chi connectivity index (χ2n) is 25.8. The van der Waals surface area contributed by atoms with Gasteiger partial charge < -0.3 is 37.9 Å². The van der Waals surface area contributed by atoms with Crippen molar-refractivity contribution in [2.75, 3.05) is 0 Å². The van der Waals surface area contributed by atoms with Gasteiger partial charge in [-0.05, 0) is 169 Å². The number of ether oxygens (including phenoxy) is 8. The number of benzene rings is 8. The Bertz CT molecular complexity index is 4000. The number of rotatable bonds is 0. The Morgan fingerprint density at radius 1 is 0.303 bits per heavy atom. The predicted octanol–water partition coefficient (Wildman–Crippen LogP) is 16.6. The lowest BCUT2D eigenvalue weighted by molar-refractivity contribution is 0.357. The largest absolute Gasteiger partial charge is 0.364 e. The van der Waals surface area contributed by atoms with Gasteiger partial charge in [-0.25, -0.2) is 17.6 Å². The van der Waals surface area contributed by atoms with Crippen molar-refractivity contribution < 1.29 is 55.5 Å². The van der Waals surface area contributed by atoms with E-state index in [9.17, 15) is 17.6 Å². The first kappa shape index (κ1) is 57.0. The summed E-state index contributed by atoms with van der Waals surface area (Å²) in [5, 5.41) is 2.15. The first-order valence-electron chi connectivity index (χ1n) is 31.0. The van der Waals surface area contributed by atoms with Crippen molar-refractivity contribution in [3.63, 3.8) is 0 Å². The van der Waals surface area contributed by atoms with Gasteiger partial charge >= 0.3 is 0 Å². The van der Waals surface area contributed by atoms with Crippen molar-refractivity contribution in [1.29, 1.82) is 0 Å². The molecule has 8 fully saturated rings. The Hall–Kier alpha value is -5.97. The molecular weight excluding hydrogens is 1200 g/mol. The lowest BCUT2D eigenvalue weighted by Gasteiger charge is -2.04. The molecule has 8 aromatic rings. The topological polar surface area (TPSA) is 100 Å². The fourth-order valence-corrected chi connectivity index (χ4v) is 15.8. The van der Waals surface area contributed by atoms with Crippen LogP contribution in [0.15, 0.2) is 140 Å². The van der Waals surface area contributed by atoms with E-state index in [1.807, 2.05) is 42.5 Å². The number of aryl methyl sites for hydroxylation is 2. The first-order valence-corrected chi connectivity index (χ1v) is 32.1. The third-order valence-electron chi connectivity index (χ3n) is 20.1. The Morgan fingerprint density at radius 2 is 0.742 bits per heavy atom. The van der Waals surface area contributed by atoms with Crippen LogP contribution in [0.5, 0.6) is 0 Å². The highest BCUT2D eigenvalue weighted by Crippen LogP contribution is 2.55. The van der Waals surface area contributed by atoms with Gasteiger partial charge in [0.15, 0.2) is 0 Å². The SMILES string of the molecule is Cc1cccc2c1C1OC1C2.Cc1cccc2c1CC1OC21.Clc1ccc2c(c1)C1OC1C2.Clc1cccc2c1C1OC1C2.Fc1cc(Cl)cc2c1C[C@H]1O[C@@H]21.Fc1ccc2c(c1)C1OC1C2.Fc1ccc2c(c1)CC1OC21.Fc1cccc2c1CC1OC21. The van der Waals surface area contributed by atoms with Gasteiger partial charge in [-0.1, -0.05) is 114 Å². The normalized spacial score (nSPS) is 31.2. The van der Waals surface area contributed by atoms with Crippen LogP contribution in [-0.4, -0.2) is 48.8 Å². The molecule has 8 heterocycles. The highest BCUT2D eigenvalue weighted by Gasteiger charge is 2.53. The van der Waals surface area contributed by atoms with E-state index in [0.717, 1.165) is 88.4 Å². The fourth-order valence-electron chi connectivity index (χ4n) is 15.1. The number of hydrogen-bond donors (Lipinski definition) is 0. The zero-order valence-corrected chi connectivity index (χ0v) is 50.9. The molecule has 454 valence electrons. The van der Waals surface area contributed by atoms with Crippen LogP contribution in [0, 0.1) is 37.1 Å². The summed E-state index contributed by atoms with van der Waals surface area (Å²) in [5.41, 5.74) is 22.4. The van der Waals surface area contributed by atoms with E-state index in [4.69, 9.17) is 72.7 Å². The van der Waals surface area contributed by atoms with Gasteiger partial charge in [-0.15, -0.1) is 0 Å². The molecule has 16 atom stereocenters. The van der Waals surface area contributed by atoms with Crippen LogP contribution in [-0.2, 0) is 89.3 Å². The summed E-state index contributed by atoms with van der Waals surface area (Å²) in [7, 11) is 0. The zero-order valence-electron chi connectivity index (χ0n) is 48.6. The Labute approximate surface area is 528 Å². The minimum Gasteiger partial charge on any atom is -0.364 e. The zero-order chi connectivity index (χ0) is 60.2. The molecule has 89 heavy (non-hydrogen) atoms. The first-order chi connectivity index (χ1) is 43.2. The third-order valence-corrected chi connectivity index (χ3v) is 20.8. The fraction of sp³-hybridized carbons (Fsp3) is 0.351. The van der Waals surface area contributed by atoms with Crippen molar-refractivity contribution in [3.8, 4) is 0 Å². The number of fused-ring (bicyclic) bond motifs is 24. The van der Waals surface area contributed by atoms with Crippen LogP contribution in [0.1, 0.15) is 149 Å². The van der Waals surface area contributed by atoms with Crippen LogP contribution in [0.4, 0.5) is 17.6 Å². The van der Waals surface area contributed by atoms with Gasteiger partial charge in [0.25, 0.3) is 0 Å². The number of epoxide rings is 8. The molecule has 0 N–H and O–H groups in total. The van der Waals surface area contributed by atoms with Crippen molar-refractivity contribution in [2.24, 2.45) is 0 Å². The van der Waals surface area contributed by atoms with E-state index in [1.54, 1.807) is 24.3 Å². The lowest BCUT2D eigenvalue weighted by Crippen LogP contribution is -1.93. The minimum absolute atomic E-state index is 0.0710. The minimum atomic E-state index is -0.187. The molecule has 0 saturated carbocycles. The van der Waals surface area contributed by atoms with Gasteiger partial charge in [-0.3, -0.25) is 0 Å². The summed E-state index contributed by atoms with van der Waals surface area (Å²) in [6, 6.07) is 43.5. The van der Waals surface area contributed by atoms with E-state index >= 15 is 0 Å². The van der Waals surface area contributed by atoms with Gasteiger partial charge in [-0.2, -0.15) is 0 Å². The second kappa shape index (κ2) is 22.1. The van der Waals surface area contributed by atoms with Crippen molar-refractivity contribution in [1.82, 2.24) is 0 Å². The van der Waals surface area contributed by atoms with Crippen molar-refractivity contribution in [3.05, 3.63) is 278 Å². The van der Waals surface area contributed by atoms with Crippen LogP contribution in [0.2, 0.25) is 15.1 Å². The van der Waals surface area contributed by atoms with Crippen LogP contribution >= 0.6 is 34.8 Å². The molecule has 16 aliphatic rings. The molecule has 24 rings (SSSR count). The van der Waals surface area contributed by atoms with Gasteiger partial charge in [0.05, 0.1) is 48.8 Å². The molecule has 8 saturated heterocycles. The van der Waals surface area contributed by atoms with Gasteiger partial charge in [0, 0.05) is 72.0 Å². The Morgan fingerprint density at radius 3 is 1.38 bits per heavy atom. The maximum atomic E-state index is 13.2. The predicted molar refractivity (Wildman–Crippen MR) is 326 cm³/mol. The number of halogens is 7. The molecule has 15 heteroatoms. The van der Waals surface area contributed by atoms with Gasteiger partial charge in [0.1, 0.15) is 72.1 Å². The average molecular weight is 1260 g/mol. The molecule has 0 radical (unpaired) electrons. The molecule has 0 aromatic heterocycles. The van der Waals surface area contributed by atoms with Crippen LogP contribution in [0.25, 0.3) is 0 Å². The number of hydrogen-bond acceptors (Lipinski definition) is 8. The summed E-state index contributed by atoms with van der Waals surface area (Å²) in [6.07, 6.45) is 13.5. The summed E-state index contributed by atoms with van der Waals surface area (Å²) in [5.74, 6) is -0.545. The monoisotopic (exact) mass is 1260 g/mol. The third kappa shape index (κ3) is 11.2. The standard InChI is InChI=1S/2C10H10O.C9H6ClFO.2C9H7ClO.3C9H7FO/c1-6-3-2-4-7-8(6)5-9-10(7)11-9;1-6-3-2-4-7-5-8-10(11-8)9(6)7;10-4-1-6-5(7(11)2-4)3-8-9(6)12-8;10-6-2-1-5-3-8-9(11-8)7(5)4-6;10-6-3-1-2-5-4-7-9(11-7)8(5)6;10-6-1-2-7-5(3-6)4-8-9(7)11-8;10-6-2-1-5-3-8-9(11-8)7(5)4-6;10-7-3-1-2-5-6(7)4-8-9(5)11-8/h2-4,9-10H,5H2,1H3;2-4,8,10H,5H2,1H3;1-2,8-9H,3H2;1-2,4,8-9H,3H2;1-3,7,9H,4H2;1-3,8-9H,4H2;1-2,4,8-9H,3H2;1-3,8-9H,4H2/t;;8-,9+;;;;;/m..1...../s1. The second-order valence-corrected chi connectivity index (χ2v) is 27.1. The maximum absolute atomic E-state index is 13.2. The average Bonchev–Trinajstić information content (AvgIpc) is 2.01. The lowest BCUT2D eigenvalue weighted by atomic mass is 10.0. The molecule has 8 aliphatic carbocycles. The van der Waals surface area contributed by atoms with Crippen LogP contribution in [0.3, 0.4) is 0 Å². The molecule has 8 aromatic carbocycles. The van der Waals surface area contributed by atoms with Crippen LogP contribution < -0.4 is 0 Å². The summed E-state index contributed by atoms with van der Waals surface area (Å²) >= 11 is 17.6. The molecule has 14 unspecified atom stereocenters. The van der Waals surface area contributed by atoms with E-state index in [2.05, 4.69) is 62.4 Å².